The summed E-state index contributed by atoms with van der Waals surface area (Å²) in [4.78, 5) is 0. The van der Waals surface area contributed by atoms with Gasteiger partial charge in [0.1, 0.15) is 5.75 Å². The molecule has 1 atom stereocenters. The Hall–Kier alpha value is -0.990. The molecule has 0 spiro atoms. The van der Waals surface area contributed by atoms with Gasteiger partial charge in [-0.25, -0.2) is 0 Å². The number of rotatable bonds is 3. The molecule has 1 aromatic rings. The first-order valence-corrected chi connectivity index (χ1v) is 4.70. The van der Waals surface area contributed by atoms with E-state index in [4.69, 9.17) is 22.1 Å². The minimum Gasteiger partial charge on any atom is -0.496 e. The van der Waals surface area contributed by atoms with Gasteiger partial charge in [0.2, 0.25) is 0 Å². The van der Waals surface area contributed by atoms with Crippen LogP contribution in [-0.4, -0.2) is 7.11 Å². The first-order valence-electron chi connectivity index (χ1n) is 4.32. The van der Waals surface area contributed by atoms with Crippen LogP contribution in [0.1, 0.15) is 17.2 Å². The van der Waals surface area contributed by atoms with Crippen LogP contribution in [0, 0.1) is 6.92 Å². The molecule has 0 heterocycles. The zero-order valence-electron chi connectivity index (χ0n) is 8.38. The summed E-state index contributed by atoms with van der Waals surface area (Å²) in [5.74, 6) is 0.749. The predicted molar refractivity (Wildman–Crippen MR) is 59.9 cm³/mol. The molecule has 1 rings (SSSR count). The lowest BCUT2D eigenvalue weighted by Crippen LogP contribution is -2.08. The van der Waals surface area contributed by atoms with Gasteiger partial charge in [-0.1, -0.05) is 17.7 Å². The van der Waals surface area contributed by atoms with Crippen molar-refractivity contribution in [3.8, 4) is 5.75 Å². The van der Waals surface area contributed by atoms with Gasteiger partial charge in [-0.3, -0.25) is 0 Å². The summed E-state index contributed by atoms with van der Waals surface area (Å²) in [6, 6.07) is 3.45. The molecule has 0 unspecified atom stereocenters. The average molecular weight is 212 g/mol. The second-order valence-electron chi connectivity index (χ2n) is 3.10. The van der Waals surface area contributed by atoms with Crippen LogP contribution in [0.5, 0.6) is 5.75 Å². The number of aryl methyl sites for hydroxylation is 1. The number of nitrogens with two attached hydrogens (primary N) is 1. The smallest absolute Gasteiger partial charge is 0.124 e. The number of methoxy groups -OCH3 is 1. The molecule has 76 valence electrons. The largest absolute Gasteiger partial charge is 0.496 e. The first kappa shape index (κ1) is 11.1. The molecule has 14 heavy (non-hydrogen) atoms. The van der Waals surface area contributed by atoms with Gasteiger partial charge in [-0.05, 0) is 24.6 Å². The van der Waals surface area contributed by atoms with E-state index in [-0.39, 0.29) is 6.04 Å². The molecule has 0 saturated carbocycles. The van der Waals surface area contributed by atoms with Gasteiger partial charge >= 0.3 is 0 Å². The molecule has 0 aliphatic rings. The molecule has 1 aromatic carbocycles. The third-order valence-corrected chi connectivity index (χ3v) is 2.53. The molecule has 0 saturated heterocycles. The van der Waals surface area contributed by atoms with E-state index in [1.165, 1.54) is 0 Å². The maximum absolute atomic E-state index is 6.00. The average Bonchev–Trinajstić information content (AvgIpc) is 2.20. The van der Waals surface area contributed by atoms with Gasteiger partial charge in [-0.2, -0.15) is 0 Å². The van der Waals surface area contributed by atoms with Crippen molar-refractivity contribution in [3.05, 3.63) is 40.9 Å². The third kappa shape index (κ3) is 2.08. The highest BCUT2D eigenvalue weighted by Gasteiger charge is 2.11. The van der Waals surface area contributed by atoms with E-state index in [0.29, 0.717) is 5.02 Å². The fourth-order valence-corrected chi connectivity index (χ4v) is 1.41. The zero-order chi connectivity index (χ0) is 10.7. The second kappa shape index (κ2) is 4.49. The summed E-state index contributed by atoms with van der Waals surface area (Å²) in [6.07, 6.45) is 1.66. The van der Waals surface area contributed by atoms with Crippen molar-refractivity contribution in [2.75, 3.05) is 7.11 Å². The van der Waals surface area contributed by atoms with E-state index in [1.54, 1.807) is 13.2 Å². The van der Waals surface area contributed by atoms with Gasteiger partial charge in [0.15, 0.2) is 0 Å². The highest BCUT2D eigenvalue weighted by molar-refractivity contribution is 6.31. The Morgan fingerprint density at radius 3 is 2.71 bits per heavy atom. The van der Waals surface area contributed by atoms with Crippen LogP contribution in [0.3, 0.4) is 0 Å². The highest BCUT2D eigenvalue weighted by atomic mass is 35.5. The van der Waals surface area contributed by atoms with Crippen LogP contribution in [0.25, 0.3) is 0 Å². The quantitative estimate of drug-likeness (QED) is 0.781. The molecule has 0 bridgehead atoms. The molecule has 0 radical (unpaired) electrons. The molecular weight excluding hydrogens is 198 g/mol. The summed E-state index contributed by atoms with van der Waals surface area (Å²) in [6.45, 7) is 5.57. The van der Waals surface area contributed by atoms with Crippen LogP contribution in [0.4, 0.5) is 0 Å². The molecule has 0 amide bonds. The summed E-state index contributed by atoms with van der Waals surface area (Å²) >= 11 is 6.00. The van der Waals surface area contributed by atoms with Gasteiger partial charge in [-0.15, -0.1) is 6.58 Å². The van der Waals surface area contributed by atoms with Gasteiger partial charge in [0.25, 0.3) is 0 Å². The Morgan fingerprint density at radius 2 is 2.21 bits per heavy atom. The zero-order valence-corrected chi connectivity index (χ0v) is 9.14. The third-order valence-electron chi connectivity index (χ3n) is 2.12. The van der Waals surface area contributed by atoms with Crippen LogP contribution in [0.2, 0.25) is 5.02 Å². The number of ether oxygens (including phenoxy) is 1. The number of halogens is 1. The number of hydrogen-bond acceptors (Lipinski definition) is 2. The van der Waals surface area contributed by atoms with E-state index >= 15 is 0 Å². The summed E-state index contributed by atoms with van der Waals surface area (Å²) in [5, 5.41) is 0.693. The van der Waals surface area contributed by atoms with Gasteiger partial charge < -0.3 is 10.5 Å². The van der Waals surface area contributed by atoms with Gasteiger partial charge in [0.05, 0.1) is 13.2 Å². The number of hydrogen-bond donors (Lipinski definition) is 1. The van der Waals surface area contributed by atoms with Crippen LogP contribution >= 0.6 is 11.6 Å². The Balaban J connectivity index is 3.26. The molecule has 0 fully saturated rings. The maximum atomic E-state index is 6.00. The Kier molecular flexibility index (Phi) is 3.55. The van der Waals surface area contributed by atoms with Crippen molar-refractivity contribution in [3.63, 3.8) is 0 Å². The minimum atomic E-state index is -0.247. The number of benzene rings is 1. The summed E-state index contributed by atoms with van der Waals surface area (Å²) in [5.41, 5.74) is 7.67. The molecule has 3 heteroatoms. The van der Waals surface area contributed by atoms with Gasteiger partial charge in [0, 0.05) is 10.6 Å². The van der Waals surface area contributed by atoms with Crippen molar-refractivity contribution in [1.29, 1.82) is 0 Å². The standard InChI is InChI=1S/C11H14ClNO/c1-4-10(13)8-6-9(12)7(2)5-11(8)14-3/h4-6,10H,1,13H2,2-3H3/t10-/m0/s1. The monoisotopic (exact) mass is 211 g/mol. The lowest BCUT2D eigenvalue weighted by atomic mass is 10.0. The van der Waals surface area contributed by atoms with Crippen molar-refractivity contribution >= 4 is 11.6 Å². The Morgan fingerprint density at radius 1 is 1.57 bits per heavy atom. The molecule has 2 N–H and O–H groups in total. The molecule has 0 aliphatic heterocycles. The van der Waals surface area contributed by atoms with E-state index in [2.05, 4.69) is 6.58 Å². The lowest BCUT2D eigenvalue weighted by molar-refractivity contribution is 0.408. The summed E-state index contributed by atoms with van der Waals surface area (Å²) in [7, 11) is 1.61. The molecule has 0 aliphatic carbocycles. The normalized spacial score (nSPS) is 12.3. The Bertz CT molecular complexity index is 349. The molecular formula is C11H14ClNO. The minimum absolute atomic E-state index is 0.247. The molecule has 2 nitrogen and oxygen atoms in total. The van der Waals surface area contributed by atoms with E-state index in [9.17, 15) is 0 Å². The van der Waals surface area contributed by atoms with Crippen LogP contribution in [0.15, 0.2) is 24.8 Å². The fraction of sp³-hybridized carbons (Fsp3) is 0.273. The van der Waals surface area contributed by atoms with E-state index in [1.807, 2.05) is 19.1 Å². The van der Waals surface area contributed by atoms with Crippen LogP contribution in [-0.2, 0) is 0 Å². The fourth-order valence-electron chi connectivity index (χ4n) is 1.23. The highest BCUT2D eigenvalue weighted by Crippen LogP contribution is 2.30. The van der Waals surface area contributed by atoms with Crippen LogP contribution < -0.4 is 10.5 Å². The predicted octanol–water partition coefficient (Wildman–Crippen LogP) is 2.84. The van der Waals surface area contributed by atoms with Crippen molar-refractivity contribution in [1.82, 2.24) is 0 Å². The first-order chi connectivity index (χ1) is 6.60. The van der Waals surface area contributed by atoms with E-state index < -0.39 is 0 Å². The summed E-state index contributed by atoms with van der Waals surface area (Å²) < 4.78 is 5.22. The van der Waals surface area contributed by atoms with Crippen molar-refractivity contribution in [2.45, 2.75) is 13.0 Å². The maximum Gasteiger partial charge on any atom is 0.124 e. The lowest BCUT2D eigenvalue weighted by Gasteiger charge is -2.13. The Labute approximate surface area is 89.3 Å². The van der Waals surface area contributed by atoms with E-state index in [0.717, 1.165) is 16.9 Å². The SMILES string of the molecule is C=C[C@H](N)c1cc(Cl)c(C)cc1OC. The second-order valence-corrected chi connectivity index (χ2v) is 3.51. The van der Waals surface area contributed by atoms with Crippen molar-refractivity contribution in [2.24, 2.45) is 5.73 Å². The molecule has 0 aromatic heterocycles. The van der Waals surface area contributed by atoms with Crippen molar-refractivity contribution < 1.29 is 4.74 Å². The topological polar surface area (TPSA) is 35.2 Å².